The second kappa shape index (κ2) is 7.07. The van der Waals surface area contributed by atoms with Crippen LogP contribution in [0.5, 0.6) is 6.01 Å². The maximum Gasteiger partial charge on any atom is 0.318 e. The number of rotatable bonds is 6. The van der Waals surface area contributed by atoms with Gasteiger partial charge in [-0.15, -0.1) is 0 Å². The van der Waals surface area contributed by atoms with Crippen molar-refractivity contribution >= 4 is 17.4 Å². The molecule has 0 saturated heterocycles. The lowest BCUT2D eigenvalue weighted by Gasteiger charge is -2.11. The molecule has 0 aliphatic carbocycles. The normalized spacial score (nSPS) is 10.3. The minimum absolute atomic E-state index is 0.280. The van der Waals surface area contributed by atoms with Gasteiger partial charge in [-0.3, -0.25) is 0 Å². The summed E-state index contributed by atoms with van der Waals surface area (Å²) in [6.07, 6.45) is 1.51. The number of nitrogens with zero attached hydrogens (tertiary/aromatic N) is 2. The molecule has 1 heterocycles. The van der Waals surface area contributed by atoms with E-state index in [1.54, 1.807) is 7.11 Å². The number of halogens is 1. The molecule has 2 aromatic rings. The van der Waals surface area contributed by atoms with Crippen molar-refractivity contribution < 1.29 is 9.47 Å². The predicted molar refractivity (Wildman–Crippen MR) is 78.1 cm³/mol. The number of methoxy groups -OCH3 is 2. The Bertz CT molecular complexity index is 578. The molecule has 1 N–H and O–H groups in total. The van der Waals surface area contributed by atoms with Gasteiger partial charge in [0, 0.05) is 13.7 Å². The van der Waals surface area contributed by atoms with Crippen LogP contribution in [0.25, 0.3) is 0 Å². The molecule has 0 atom stereocenters. The SMILES string of the molecule is COCc1ccccc1CNc1nc(OC)ncc1Cl. The predicted octanol–water partition coefficient (Wildman–Crippen LogP) is 2.90. The second-order valence-corrected chi connectivity index (χ2v) is 4.52. The Morgan fingerprint density at radius 1 is 1.20 bits per heavy atom. The Morgan fingerprint density at radius 3 is 2.65 bits per heavy atom. The van der Waals surface area contributed by atoms with Gasteiger partial charge >= 0.3 is 6.01 Å². The van der Waals surface area contributed by atoms with E-state index in [1.165, 1.54) is 13.3 Å². The lowest BCUT2D eigenvalue weighted by molar-refractivity contribution is 0.184. The summed E-state index contributed by atoms with van der Waals surface area (Å²) >= 11 is 6.05. The van der Waals surface area contributed by atoms with Crippen molar-refractivity contribution in [1.82, 2.24) is 9.97 Å². The van der Waals surface area contributed by atoms with Crippen LogP contribution in [0, 0.1) is 0 Å². The lowest BCUT2D eigenvalue weighted by Crippen LogP contribution is -2.06. The number of hydrogen-bond acceptors (Lipinski definition) is 5. The molecule has 106 valence electrons. The van der Waals surface area contributed by atoms with E-state index >= 15 is 0 Å². The fourth-order valence-corrected chi connectivity index (χ4v) is 1.94. The fourth-order valence-electron chi connectivity index (χ4n) is 1.78. The minimum atomic E-state index is 0.280. The highest BCUT2D eigenvalue weighted by Crippen LogP contribution is 2.21. The highest BCUT2D eigenvalue weighted by molar-refractivity contribution is 6.32. The first-order valence-corrected chi connectivity index (χ1v) is 6.48. The minimum Gasteiger partial charge on any atom is -0.467 e. The van der Waals surface area contributed by atoms with Crippen LogP contribution in [0.1, 0.15) is 11.1 Å². The van der Waals surface area contributed by atoms with E-state index in [-0.39, 0.29) is 6.01 Å². The van der Waals surface area contributed by atoms with Crippen molar-refractivity contribution in [2.24, 2.45) is 0 Å². The third-order valence-corrected chi connectivity index (χ3v) is 3.05. The van der Waals surface area contributed by atoms with Crippen molar-refractivity contribution in [2.45, 2.75) is 13.2 Å². The first-order chi connectivity index (χ1) is 9.74. The van der Waals surface area contributed by atoms with Crippen LogP contribution in [0.2, 0.25) is 5.02 Å². The second-order valence-electron chi connectivity index (χ2n) is 4.11. The van der Waals surface area contributed by atoms with Gasteiger partial charge in [0.2, 0.25) is 0 Å². The summed E-state index contributed by atoms with van der Waals surface area (Å²) < 4.78 is 10.2. The van der Waals surface area contributed by atoms with Crippen LogP contribution >= 0.6 is 11.6 Å². The van der Waals surface area contributed by atoms with E-state index in [4.69, 9.17) is 21.1 Å². The molecule has 6 heteroatoms. The molecule has 0 aliphatic rings. The van der Waals surface area contributed by atoms with Gasteiger partial charge in [-0.05, 0) is 11.1 Å². The molecule has 20 heavy (non-hydrogen) atoms. The lowest BCUT2D eigenvalue weighted by atomic mass is 10.1. The van der Waals surface area contributed by atoms with Gasteiger partial charge in [0.05, 0.1) is 19.9 Å². The summed E-state index contributed by atoms with van der Waals surface area (Å²) in [4.78, 5) is 8.11. The zero-order valence-corrected chi connectivity index (χ0v) is 12.1. The van der Waals surface area contributed by atoms with Gasteiger partial charge < -0.3 is 14.8 Å². The van der Waals surface area contributed by atoms with E-state index in [2.05, 4.69) is 15.3 Å². The highest BCUT2D eigenvalue weighted by atomic mass is 35.5. The fraction of sp³-hybridized carbons (Fsp3) is 0.286. The topological polar surface area (TPSA) is 56.3 Å². The highest BCUT2D eigenvalue weighted by Gasteiger charge is 2.07. The van der Waals surface area contributed by atoms with E-state index < -0.39 is 0 Å². The van der Waals surface area contributed by atoms with Gasteiger partial charge in [-0.2, -0.15) is 4.98 Å². The van der Waals surface area contributed by atoms with Crippen LogP contribution in [-0.2, 0) is 17.9 Å². The van der Waals surface area contributed by atoms with Crippen LogP contribution < -0.4 is 10.1 Å². The average molecular weight is 294 g/mol. The van der Waals surface area contributed by atoms with Crippen molar-refractivity contribution in [1.29, 1.82) is 0 Å². The van der Waals surface area contributed by atoms with Gasteiger partial charge in [0.25, 0.3) is 0 Å². The molecule has 0 bridgehead atoms. The monoisotopic (exact) mass is 293 g/mol. The third-order valence-electron chi connectivity index (χ3n) is 2.77. The largest absolute Gasteiger partial charge is 0.467 e. The number of benzene rings is 1. The van der Waals surface area contributed by atoms with E-state index in [1.807, 2.05) is 24.3 Å². The molecule has 0 spiro atoms. The number of nitrogens with one attached hydrogen (secondary N) is 1. The van der Waals surface area contributed by atoms with Crippen molar-refractivity contribution in [3.8, 4) is 6.01 Å². The number of ether oxygens (including phenoxy) is 2. The van der Waals surface area contributed by atoms with E-state index in [0.29, 0.717) is 24.0 Å². The maximum absolute atomic E-state index is 6.05. The van der Waals surface area contributed by atoms with Crippen molar-refractivity contribution in [3.05, 3.63) is 46.6 Å². The number of anilines is 1. The van der Waals surface area contributed by atoms with Gasteiger partial charge in [0.1, 0.15) is 5.02 Å². The first-order valence-electron chi connectivity index (χ1n) is 6.10. The van der Waals surface area contributed by atoms with Gasteiger partial charge in [-0.1, -0.05) is 35.9 Å². The molecular formula is C14H16ClN3O2. The van der Waals surface area contributed by atoms with Crippen LogP contribution in [0.15, 0.2) is 30.5 Å². The quantitative estimate of drug-likeness (QED) is 0.887. The molecule has 0 saturated carbocycles. The molecular weight excluding hydrogens is 278 g/mol. The molecule has 1 aromatic heterocycles. The summed E-state index contributed by atoms with van der Waals surface area (Å²) in [6.45, 7) is 1.16. The average Bonchev–Trinajstić information content (AvgIpc) is 2.48. The number of hydrogen-bond donors (Lipinski definition) is 1. The summed E-state index contributed by atoms with van der Waals surface area (Å²) in [5.74, 6) is 0.547. The maximum atomic E-state index is 6.05. The molecule has 1 aromatic carbocycles. The summed E-state index contributed by atoms with van der Waals surface area (Å²) in [5.41, 5.74) is 2.25. The Labute approximate surface area is 122 Å². The summed E-state index contributed by atoms with van der Waals surface area (Å²) in [5, 5.41) is 3.64. The zero-order valence-electron chi connectivity index (χ0n) is 11.4. The molecule has 0 amide bonds. The smallest absolute Gasteiger partial charge is 0.318 e. The Hall–Kier alpha value is -1.85. The zero-order chi connectivity index (χ0) is 14.4. The van der Waals surface area contributed by atoms with E-state index in [9.17, 15) is 0 Å². The van der Waals surface area contributed by atoms with Crippen LogP contribution in [0.4, 0.5) is 5.82 Å². The summed E-state index contributed by atoms with van der Waals surface area (Å²) in [7, 11) is 3.19. The molecule has 0 aliphatic heterocycles. The Balaban J connectivity index is 2.12. The molecule has 0 fully saturated rings. The van der Waals surface area contributed by atoms with Gasteiger partial charge in [-0.25, -0.2) is 4.98 Å². The standard InChI is InChI=1S/C14H16ClN3O2/c1-19-9-11-6-4-3-5-10(11)7-16-13-12(15)8-17-14(18-13)20-2/h3-6,8H,7,9H2,1-2H3,(H,16,17,18). The molecule has 0 unspecified atom stereocenters. The van der Waals surface area contributed by atoms with E-state index in [0.717, 1.165) is 11.1 Å². The molecule has 0 radical (unpaired) electrons. The van der Waals surface area contributed by atoms with Crippen molar-refractivity contribution in [2.75, 3.05) is 19.5 Å². The molecule has 5 nitrogen and oxygen atoms in total. The van der Waals surface area contributed by atoms with Crippen molar-refractivity contribution in [3.63, 3.8) is 0 Å². The Kier molecular flexibility index (Phi) is 5.15. The first kappa shape index (κ1) is 14.6. The van der Waals surface area contributed by atoms with Gasteiger partial charge in [0.15, 0.2) is 5.82 Å². The summed E-state index contributed by atoms with van der Waals surface area (Å²) in [6, 6.07) is 8.31. The Morgan fingerprint density at radius 2 is 1.95 bits per heavy atom. The van der Waals surface area contributed by atoms with Crippen LogP contribution in [0.3, 0.4) is 0 Å². The van der Waals surface area contributed by atoms with Crippen LogP contribution in [-0.4, -0.2) is 24.2 Å². The molecule has 2 rings (SSSR count). The third kappa shape index (κ3) is 3.59. The number of aromatic nitrogens is 2.